The topological polar surface area (TPSA) is 48.5 Å². The Bertz CT molecular complexity index is 657. The van der Waals surface area contributed by atoms with Gasteiger partial charge in [0.15, 0.2) is 0 Å². The first kappa shape index (κ1) is 16.0. The fourth-order valence-corrected chi connectivity index (χ4v) is 3.00. The summed E-state index contributed by atoms with van der Waals surface area (Å²) in [5, 5.41) is 2.96. The van der Waals surface area contributed by atoms with Crippen LogP contribution in [-0.2, 0) is 6.54 Å². The maximum Gasteiger partial charge on any atom is 0.321 e. The standard InChI is InChI=1S/C17H19BrN4O/c18-15-3-1-2-4-16(15)20-17(23)22-11-9-21(10-12-22)13-14-5-7-19-8-6-14/h1-8H,9-13H2,(H,20,23). The average molecular weight is 375 g/mol. The van der Waals surface area contributed by atoms with Crippen LogP contribution in [0.15, 0.2) is 53.3 Å². The third kappa shape index (κ3) is 4.30. The van der Waals surface area contributed by atoms with Crippen molar-refractivity contribution in [3.05, 3.63) is 58.8 Å². The summed E-state index contributed by atoms with van der Waals surface area (Å²) in [5.74, 6) is 0. The Hall–Kier alpha value is -1.92. The predicted octanol–water partition coefficient (Wildman–Crippen LogP) is 3.19. The molecule has 3 rings (SSSR count). The third-order valence-corrected chi connectivity index (χ3v) is 4.62. The summed E-state index contributed by atoms with van der Waals surface area (Å²) in [6, 6.07) is 11.7. The summed E-state index contributed by atoms with van der Waals surface area (Å²) in [7, 11) is 0. The number of aromatic nitrogens is 1. The monoisotopic (exact) mass is 374 g/mol. The zero-order chi connectivity index (χ0) is 16.1. The Morgan fingerprint density at radius 1 is 1.09 bits per heavy atom. The van der Waals surface area contributed by atoms with Crippen molar-refractivity contribution >= 4 is 27.6 Å². The van der Waals surface area contributed by atoms with Gasteiger partial charge in [-0.05, 0) is 45.8 Å². The van der Waals surface area contributed by atoms with Crippen molar-refractivity contribution in [3.8, 4) is 0 Å². The molecule has 1 aliphatic rings. The largest absolute Gasteiger partial charge is 0.322 e. The van der Waals surface area contributed by atoms with Crippen LogP contribution in [0.3, 0.4) is 0 Å². The minimum Gasteiger partial charge on any atom is -0.322 e. The molecular weight excluding hydrogens is 356 g/mol. The Morgan fingerprint density at radius 2 is 1.78 bits per heavy atom. The summed E-state index contributed by atoms with van der Waals surface area (Å²) in [5.41, 5.74) is 2.06. The van der Waals surface area contributed by atoms with Gasteiger partial charge in [0.05, 0.1) is 5.69 Å². The van der Waals surface area contributed by atoms with Crippen LogP contribution in [0.2, 0.25) is 0 Å². The molecule has 1 aliphatic heterocycles. The number of carbonyl (C=O) groups excluding carboxylic acids is 1. The molecule has 1 aromatic carbocycles. The highest BCUT2D eigenvalue weighted by Gasteiger charge is 2.21. The lowest BCUT2D eigenvalue weighted by Gasteiger charge is -2.34. The molecule has 23 heavy (non-hydrogen) atoms. The average Bonchev–Trinajstić information content (AvgIpc) is 2.58. The second-order valence-electron chi connectivity index (χ2n) is 5.53. The van der Waals surface area contributed by atoms with Gasteiger partial charge in [-0.2, -0.15) is 0 Å². The number of rotatable bonds is 3. The number of halogens is 1. The maximum absolute atomic E-state index is 12.4. The molecule has 2 amide bonds. The quantitative estimate of drug-likeness (QED) is 0.897. The number of urea groups is 1. The number of hydrogen-bond acceptors (Lipinski definition) is 3. The summed E-state index contributed by atoms with van der Waals surface area (Å²) >= 11 is 3.45. The van der Waals surface area contributed by atoms with Crippen LogP contribution in [0.5, 0.6) is 0 Å². The number of pyridine rings is 1. The Balaban J connectivity index is 1.50. The van der Waals surface area contributed by atoms with Gasteiger partial charge in [-0.3, -0.25) is 9.88 Å². The molecule has 2 aromatic rings. The van der Waals surface area contributed by atoms with Crippen LogP contribution in [0.25, 0.3) is 0 Å². The van der Waals surface area contributed by atoms with E-state index in [0.717, 1.165) is 42.9 Å². The summed E-state index contributed by atoms with van der Waals surface area (Å²) < 4.78 is 0.893. The van der Waals surface area contributed by atoms with Gasteiger partial charge in [0, 0.05) is 49.6 Å². The van der Waals surface area contributed by atoms with Crippen LogP contribution >= 0.6 is 15.9 Å². The number of anilines is 1. The lowest BCUT2D eigenvalue weighted by molar-refractivity contribution is 0.143. The van der Waals surface area contributed by atoms with Crippen LogP contribution in [0, 0.1) is 0 Å². The second-order valence-corrected chi connectivity index (χ2v) is 6.38. The number of nitrogens with zero attached hydrogens (tertiary/aromatic N) is 3. The van der Waals surface area contributed by atoms with Crippen LogP contribution < -0.4 is 5.32 Å². The van der Waals surface area contributed by atoms with Crippen LogP contribution in [0.1, 0.15) is 5.56 Å². The number of piperazine rings is 1. The van der Waals surface area contributed by atoms with Gasteiger partial charge >= 0.3 is 6.03 Å². The highest BCUT2D eigenvalue weighted by atomic mass is 79.9. The van der Waals surface area contributed by atoms with Gasteiger partial charge in [0.1, 0.15) is 0 Å². The van der Waals surface area contributed by atoms with Crippen molar-refractivity contribution in [1.82, 2.24) is 14.8 Å². The summed E-state index contributed by atoms with van der Waals surface area (Å²) in [4.78, 5) is 20.6. The molecule has 1 aromatic heterocycles. The van der Waals surface area contributed by atoms with E-state index in [-0.39, 0.29) is 6.03 Å². The Kier molecular flexibility index (Phi) is 5.25. The van der Waals surface area contributed by atoms with Gasteiger partial charge in [0.25, 0.3) is 0 Å². The van der Waals surface area contributed by atoms with Crippen molar-refractivity contribution in [2.45, 2.75) is 6.54 Å². The molecule has 0 saturated carbocycles. The molecule has 120 valence electrons. The van der Waals surface area contributed by atoms with E-state index in [4.69, 9.17) is 0 Å². The zero-order valence-electron chi connectivity index (χ0n) is 12.8. The number of benzene rings is 1. The lowest BCUT2D eigenvalue weighted by atomic mass is 10.2. The number of carbonyl (C=O) groups is 1. The molecule has 0 atom stereocenters. The molecular formula is C17H19BrN4O. The first-order valence-electron chi connectivity index (χ1n) is 7.64. The molecule has 0 spiro atoms. The smallest absolute Gasteiger partial charge is 0.321 e. The second kappa shape index (κ2) is 7.57. The molecule has 0 aliphatic carbocycles. The minimum absolute atomic E-state index is 0.0412. The van der Waals surface area contributed by atoms with Crippen molar-refractivity contribution in [2.75, 3.05) is 31.5 Å². The zero-order valence-corrected chi connectivity index (χ0v) is 14.4. The van der Waals surface area contributed by atoms with Crippen molar-refractivity contribution in [3.63, 3.8) is 0 Å². The molecule has 2 heterocycles. The van der Waals surface area contributed by atoms with Crippen LogP contribution in [-0.4, -0.2) is 47.0 Å². The van der Waals surface area contributed by atoms with E-state index in [0.29, 0.717) is 0 Å². The Morgan fingerprint density at radius 3 is 2.48 bits per heavy atom. The molecule has 0 unspecified atom stereocenters. The number of para-hydroxylation sites is 1. The normalized spacial score (nSPS) is 15.4. The SMILES string of the molecule is O=C(Nc1ccccc1Br)N1CCN(Cc2ccncc2)CC1. The molecule has 1 saturated heterocycles. The highest BCUT2D eigenvalue weighted by Crippen LogP contribution is 2.21. The van der Waals surface area contributed by atoms with E-state index >= 15 is 0 Å². The van der Waals surface area contributed by atoms with Gasteiger partial charge in [-0.1, -0.05) is 12.1 Å². The van der Waals surface area contributed by atoms with Crippen LogP contribution in [0.4, 0.5) is 10.5 Å². The van der Waals surface area contributed by atoms with E-state index in [1.807, 2.05) is 53.7 Å². The molecule has 1 N–H and O–H groups in total. The molecule has 5 nitrogen and oxygen atoms in total. The van der Waals surface area contributed by atoms with E-state index in [1.54, 1.807) is 0 Å². The first-order valence-corrected chi connectivity index (χ1v) is 8.43. The highest BCUT2D eigenvalue weighted by molar-refractivity contribution is 9.10. The maximum atomic E-state index is 12.4. The van der Waals surface area contributed by atoms with Gasteiger partial charge in [-0.15, -0.1) is 0 Å². The van der Waals surface area contributed by atoms with E-state index < -0.39 is 0 Å². The minimum atomic E-state index is -0.0412. The number of amides is 2. The predicted molar refractivity (Wildman–Crippen MR) is 94.2 cm³/mol. The fraction of sp³-hybridized carbons (Fsp3) is 0.294. The molecule has 0 bridgehead atoms. The van der Waals surface area contributed by atoms with Gasteiger partial charge in [0.2, 0.25) is 0 Å². The van der Waals surface area contributed by atoms with Crippen molar-refractivity contribution < 1.29 is 4.79 Å². The fourth-order valence-electron chi connectivity index (χ4n) is 2.61. The van der Waals surface area contributed by atoms with E-state index in [9.17, 15) is 4.79 Å². The number of hydrogen-bond donors (Lipinski definition) is 1. The molecule has 6 heteroatoms. The van der Waals surface area contributed by atoms with Crippen molar-refractivity contribution in [2.24, 2.45) is 0 Å². The summed E-state index contributed by atoms with van der Waals surface area (Å²) in [6.45, 7) is 4.14. The van der Waals surface area contributed by atoms with Gasteiger partial charge < -0.3 is 10.2 Å². The third-order valence-electron chi connectivity index (χ3n) is 3.93. The first-order chi connectivity index (χ1) is 11.2. The van der Waals surface area contributed by atoms with E-state index in [1.165, 1.54) is 5.56 Å². The molecule has 0 radical (unpaired) electrons. The summed E-state index contributed by atoms with van der Waals surface area (Å²) in [6.07, 6.45) is 3.63. The Labute approximate surface area is 144 Å². The molecule has 1 fully saturated rings. The van der Waals surface area contributed by atoms with Gasteiger partial charge in [-0.25, -0.2) is 4.79 Å². The number of nitrogens with one attached hydrogen (secondary N) is 1. The van der Waals surface area contributed by atoms with E-state index in [2.05, 4.69) is 31.1 Å². The lowest BCUT2D eigenvalue weighted by Crippen LogP contribution is -2.49. The van der Waals surface area contributed by atoms with Crippen molar-refractivity contribution in [1.29, 1.82) is 0 Å².